The summed E-state index contributed by atoms with van der Waals surface area (Å²) in [5.74, 6) is 0. The second kappa shape index (κ2) is 5.20. The minimum atomic E-state index is 0.201. The Morgan fingerprint density at radius 3 is 2.85 bits per heavy atom. The Bertz CT molecular complexity index is 330. The van der Waals surface area contributed by atoms with E-state index in [0.717, 1.165) is 22.0 Å². The SMILES string of the molecule is N#Cc1ccc(I)c(CCCO)c1. The van der Waals surface area contributed by atoms with Crippen molar-refractivity contribution >= 4 is 22.6 Å². The van der Waals surface area contributed by atoms with Crippen molar-refractivity contribution in [3.63, 3.8) is 0 Å². The zero-order chi connectivity index (χ0) is 9.68. The minimum absolute atomic E-state index is 0.201. The smallest absolute Gasteiger partial charge is 0.0991 e. The first kappa shape index (κ1) is 10.5. The molecule has 0 aliphatic rings. The van der Waals surface area contributed by atoms with Gasteiger partial charge >= 0.3 is 0 Å². The number of hydrogen-bond donors (Lipinski definition) is 1. The topological polar surface area (TPSA) is 44.0 Å². The van der Waals surface area contributed by atoms with Crippen molar-refractivity contribution < 1.29 is 5.11 Å². The fourth-order valence-corrected chi connectivity index (χ4v) is 1.71. The standard InChI is InChI=1S/C10H10INO/c11-10-4-3-8(7-12)6-9(10)2-1-5-13/h3-4,6,13H,1-2,5H2. The average Bonchev–Trinajstić information content (AvgIpc) is 2.17. The van der Waals surface area contributed by atoms with Gasteiger partial charge in [-0.25, -0.2) is 0 Å². The summed E-state index contributed by atoms with van der Waals surface area (Å²) in [6, 6.07) is 7.74. The third-order valence-corrected chi connectivity index (χ3v) is 2.83. The molecule has 1 aromatic carbocycles. The van der Waals surface area contributed by atoms with E-state index in [4.69, 9.17) is 10.4 Å². The number of hydrogen-bond acceptors (Lipinski definition) is 2. The molecule has 3 heteroatoms. The van der Waals surface area contributed by atoms with Crippen LogP contribution in [0.5, 0.6) is 0 Å². The normalized spacial score (nSPS) is 9.62. The van der Waals surface area contributed by atoms with E-state index >= 15 is 0 Å². The molecule has 0 bridgehead atoms. The highest BCUT2D eigenvalue weighted by atomic mass is 127. The highest BCUT2D eigenvalue weighted by Gasteiger charge is 2.00. The van der Waals surface area contributed by atoms with Gasteiger partial charge in [-0.1, -0.05) is 0 Å². The summed E-state index contributed by atoms with van der Waals surface area (Å²) in [6.07, 6.45) is 1.59. The van der Waals surface area contributed by atoms with Gasteiger partial charge in [0.25, 0.3) is 0 Å². The molecule has 1 N–H and O–H groups in total. The molecule has 0 aromatic heterocycles. The van der Waals surface area contributed by atoms with Crippen LogP contribution in [0.3, 0.4) is 0 Å². The zero-order valence-corrected chi connectivity index (χ0v) is 9.28. The van der Waals surface area contributed by atoms with Crippen molar-refractivity contribution in [3.05, 3.63) is 32.9 Å². The first-order valence-electron chi connectivity index (χ1n) is 4.07. The lowest BCUT2D eigenvalue weighted by molar-refractivity contribution is 0.288. The molecule has 0 aliphatic carbocycles. The molecular weight excluding hydrogens is 277 g/mol. The van der Waals surface area contributed by atoms with Crippen LogP contribution < -0.4 is 0 Å². The molecule has 13 heavy (non-hydrogen) atoms. The molecule has 1 aromatic rings. The van der Waals surface area contributed by atoms with Crippen LogP contribution in [0.15, 0.2) is 18.2 Å². The molecule has 0 amide bonds. The van der Waals surface area contributed by atoms with Crippen molar-refractivity contribution in [1.82, 2.24) is 0 Å². The largest absolute Gasteiger partial charge is 0.396 e. The number of aliphatic hydroxyl groups excluding tert-OH is 1. The number of nitriles is 1. The molecule has 68 valence electrons. The molecule has 1 rings (SSSR count). The van der Waals surface area contributed by atoms with Crippen molar-refractivity contribution in [2.24, 2.45) is 0 Å². The average molecular weight is 287 g/mol. The van der Waals surface area contributed by atoms with Gasteiger partial charge in [-0.3, -0.25) is 0 Å². The number of benzene rings is 1. The van der Waals surface area contributed by atoms with Gasteiger partial charge in [0.2, 0.25) is 0 Å². The predicted molar refractivity (Wildman–Crippen MR) is 59.3 cm³/mol. The van der Waals surface area contributed by atoms with Gasteiger partial charge in [0, 0.05) is 10.2 Å². The van der Waals surface area contributed by atoms with Crippen molar-refractivity contribution in [2.75, 3.05) is 6.61 Å². The van der Waals surface area contributed by atoms with E-state index in [1.807, 2.05) is 18.2 Å². The summed E-state index contributed by atoms with van der Waals surface area (Å²) in [6.45, 7) is 0.201. The highest BCUT2D eigenvalue weighted by Crippen LogP contribution is 2.15. The molecular formula is C10H10INO. The van der Waals surface area contributed by atoms with E-state index in [2.05, 4.69) is 28.7 Å². The van der Waals surface area contributed by atoms with Crippen LogP contribution in [0.1, 0.15) is 17.5 Å². The van der Waals surface area contributed by atoms with Crippen molar-refractivity contribution in [1.29, 1.82) is 5.26 Å². The Morgan fingerprint density at radius 2 is 2.23 bits per heavy atom. The predicted octanol–water partition coefficient (Wildman–Crippen LogP) is 2.09. The van der Waals surface area contributed by atoms with Crippen LogP contribution >= 0.6 is 22.6 Å². The first-order chi connectivity index (χ1) is 6.27. The number of aliphatic hydroxyl groups is 1. The Labute approximate surface area is 91.3 Å². The van der Waals surface area contributed by atoms with Gasteiger partial charge < -0.3 is 5.11 Å². The molecule has 0 heterocycles. The summed E-state index contributed by atoms with van der Waals surface area (Å²) in [5, 5.41) is 17.4. The third-order valence-electron chi connectivity index (χ3n) is 1.78. The second-order valence-corrected chi connectivity index (χ2v) is 3.91. The molecule has 0 aliphatic heterocycles. The van der Waals surface area contributed by atoms with Crippen molar-refractivity contribution in [3.8, 4) is 6.07 Å². The maximum absolute atomic E-state index is 8.68. The van der Waals surface area contributed by atoms with Crippen LogP contribution in [0.25, 0.3) is 0 Å². The van der Waals surface area contributed by atoms with Gasteiger partial charge in [-0.05, 0) is 59.2 Å². The fraction of sp³-hybridized carbons (Fsp3) is 0.300. The summed E-state index contributed by atoms with van der Waals surface area (Å²) in [4.78, 5) is 0. The number of nitrogens with zero attached hydrogens (tertiary/aromatic N) is 1. The minimum Gasteiger partial charge on any atom is -0.396 e. The molecule has 0 spiro atoms. The van der Waals surface area contributed by atoms with E-state index in [0.29, 0.717) is 5.56 Å². The Morgan fingerprint density at radius 1 is 1.46 bits per heavy atom. The molecule has 0 atom stereocenters. The van der Waals surface area contributed by atoms with E-state index in [9.17, 15) is 0 Å². The van der Waals surface area contributed by atoms with E-state index in [1.165, 1.54) is 0 Å². The molecule has 2 nitrogen and oxygen atoms in total. The summed E-state index contributed by atoms with van der Waals surface area (Å²) < 4.78 is 1.16. The number of rotatable bonds is 3. The van der Waals surface area contributed by atoms with Crippen molar-refractivity contribution in [2.45, 2.75) is 12.8 Å². The van der Waals surface area contributed by atoms with Crippen LogP contribution in [-0.2, 0) is 6.42 Å². The molecule has 0 radical (unpaired) electrons. The Kier molecular flexibility index (Phi) is 4.19. The number of aryl methyl sites for hydroxylation is 1. The molecule has 0 unspecified atom stereocenters. The lowest BCUT2D eigenvalue weighted by Gasteiger charge is -2.02. The van der Waals surface area contributed by atoms with Gasteiger partial charge in [0.15, 0.2) is 0 Å². The maximum atomic E-state index is 8.68. The third kappa shape index (κ3) is 2.98. The first-order valence-corrected chi connectivity index (χ1v) is 5.15. The molecule has 0 fully saturated rings. The highest BCUT2D eigenvalue weighted by molar-refractivity contribution is 14.1. The van der Waals surface area contributed by atoms with Gasteiger partial charge in [0.05, 0.1) is 11.6 Å². The molecule has 0 saturated carbocycles. The summed E-state index contributed by atoms with van der Waals surface area (Å²) in [7, 11) is 0. The van der Waals surface area contributed by atoms with Gasteiger partial charge in [-0.2, -0.15) is 5.26 Å². The van der Waals surface area contributed by atoms with Crippen LogP contribution in [-0.4, -0.2) is 11.7 Å². The van der Waals surface area contributed by atoms with Crippen LogP contribution in [0.2, 0.25) is 0 Å². The molecule has 0 saturated heterocycles. The fourth-order valence-electron chi connectivity index (χ4n) is 1.11. The Balaban J connectivity index is 2.85. The van der Waals surface area contributed by atoms with Crippen LogP contribution in [0.4, 0.5) is 0 Å². The maximum Gasteiger partial charge on any atom is 0.0991 e. The monoisotopic (exact) mass is 287 g/mol. The quantitative estimate of drug-likeness (QED) is 0.865. The Hall–Kier alpha value is -0.600. The number of halogens is 1. The van der Waals surface area contributed by atoms with E-state index < -0.39 is 0 Å². The van der Waals surface area contributed by atoms with E-state index in [-0.39, 0.29) is 6.61 Å². The second-order valence-electron chi connectivity index (χ2n) is 2.75. The van der Waals surface area contributed by atoms with Crippen LogP contribution in [0, 0.1) is 14.9 Å². The van der Waals surface area contributed by atoms with E-state index in [1.54, 1.807) is 0 Å². The lowest BCUT2D eigenvalue weighted by Crippen LogP contribution is -1.93. The summed E-state index contributed by atoms with van der Waals surface area (Å²) >= 11 is 2.24. The van der Waals surface area contributed by atoms with Gasteiger partial charge in [-0.15, -0.1) is 0 Å². The summed E-state index contributed by atoms with van der Waals surface area (Å²) in [5.41, 5.74) is 1.84. The zero-order valence-electron chi connectivity index (χ0n) is 7.13. The lowest BCUT2D eigenvalue weighted by atomic mass is 10.1. The van der Waals surface area contributed by atoms with Gasteiger partial charge in [0.1, 0.15) is 0 Å².